The maximum absolute atomic E-state index is 14.4. The van der Waals surface area contributed by atoms with Gasteiger partial charge in [-0.15, -0.1) is 0 Å². The summed E-state index contributed by atoms with van der Waals surface area (Å²) in [6.45, 7) is 5.53. The zero-order valence-corrected chi connectivity index (χ0v) is 20.8. The van der Waals surface area contributed by atoms with Gasteiger partial charge in [0.1, 0.15) is 6.04 Å². The summed E-state index contributed by atoms with van der Waals surface area (Å²) in [5, 5.41) is 11.7. The Kier molecular flexibility index (Phi) is 7.79. The van der Waals surface area contributed by atoms with Crippen molar-refractivity contribution in [2.75, 3.05) is 31.2 Å². The van der Waals surface area contributed by atoms with Crippen LogP contribution in [0.1, 0.15) is 33.1 Å². The molecule has 0 aliphatic carbocycles. The number of nitro groups is 1. The Morgan fingerprint density at radius 1 is 0.972 bits per heavy atom. The van der Waals surface area contributed by atoms with E-state index in [9.17, 15) is 19.7 Å². The number of non-ortho nitro benzene ring substituents is 1. The number of rotatable bonds is 6. The van der Waals surface area contributed by atoms with Gasteiger partial charge >= 0.3 is 0 Å². The van der Waals surface area contributed by atoms with E-state index in [0.29, 0.717) is 48.1 Å². The Morgan fingerprint density at radius 3 is 2.11 bits per heavy atom. The van der Waals surface area contributed by atoms with Gasteiger partial charge in [-0.25, -0.2) is 4.90 Å². The lowest BCUT2D eigenvalue weighted by molar-refractivity contribution is -0.384. The van der Waals surface area contributed by atoms with Crippen molar-refractivity contribution in [3.05, 3.63) is 104 Å². The summed E-state index contributed by atoms with van der Waals surface area (Å²) >= 11 is 6.03. The fourth-order valence-electron chi connectivity index (χ4n) is 4.44. The minimum Gasteiger partial charge on any atom is -0.379 e. The maximum Gasteiger partial charge on any atom is 0.269 e. The first-order chi connectivity index (χ1) is 17.3. The number of hydrogen-bond donors (Lipinski definition) is 0. The second-order valence-electron chi connectivity index (χ2n) is 8.63. The molecule has 3 aromatic rings. The highest BCUT2D eigenvalue weighted by molar-refractivity contribution is 6.31. The lowest BCUT2D eigenvalue weighted by Crippen LogP contribution is -2.49. The van der Waals surface area contributed by atoms with E-state index < -0.39 is 22.8 Å². The Balaban J connectivity index is 1.85. The third-order valence-electron chi connectivity index (χ3n) is 6.24. The summed E-state index contributed by atoms with van der Waals surface area (Å²) in [7, 11) is 0. The smallest absolute Gasteiger partial charge is 0.269 e. The summed E-state index contributed by atoms with van der Waals surface area (Å²) in [6, 6.07) is 17.0. The number of ether oxygens (including phenoxy) is 1. The molecule has 0 spiro atoms. The average Bonchev–Trinajstić information content (AvgIpc) is 2.87. The summed E-state index contributed by atoms with van der Waals surface area (Å²) < 4.78 is 5.49. The molecule has 1 aliphatic heterocycles. The fraction of sp³-hybridized carbons (Fsp3) is 0.259. The van der Waals surface area contributed by atoms with Crippen LogP contribution in [0.25, 0.3) is 0 Å². The van der Waals surface area contributed by atoms with Gasteiger partial charge in [-0.3, -0.25) is 24.6 Å². The Labute approximate surface area is 214 Å². The number of carbonyl (C=O) groups is 2. The Bertz CT molecular complexity index is 1250. The number of amides is 2. The lowest BCUT2D eigenvalue weighted by atomic mass is 9.99. The van der Waals surface area contributed by atoms with E-state index in [4.69, 9.17) is 16.3 Å². The molecular formula is C27H26ClN3O5. The van der Waals surface area contributed by atoms with E-state index in [1.807, 2.05) is 36.9 Å². The van der Waals surface area contributed by atoms with Crippen LogP contribution < -0.4 is 4.90 Å². The summed E-state index contributed by atoms with van der Waals surface area (Å²) in [4.78, 5) is 42.2. The van der Waals surface area contributed by atoms with Gasteiger partial charge in [0.2, 0.25) is 0 Å². The number of nitrogens with zero attached hydrogens (tertiary/aromatic N) is 3. The Hall–Kier alpha value is -3.59. The van der Waals surface area contributed by atoms with E-state index in [2.05, 4.69) is 0 Å². The second-order valence-corrected chi connectivity index (χ2v) is 9.06. The number of morpholine rings is 1. The Morgan fingerprint density at radius 2 is 1.56 bits per heavy atom. The molecule has 8 nitrogen and oxygen atoms in total. The molecule has 1 unspecified atom stereocenters. The van der Waals surface area contributed by atoms with Gasteiger partial charge in [-0.1, -0.05) is 41.9 Å². The van der Waals surface area contributed by atoms with Gasteiger partial charge in [-0.05, 0) is 54.8 Å². The van der Waals surface area contributed by atoms with Crippen LogP contribution in [-0.4, -0.2) is 47.9 Å². The molecule has 3 aromatic carbocycles. The molecule has 1 heterocycles. The van der Waals surface area contributed by atoms with Crippen molar-refractivity contribution in [1.29, 1.82) is 0 Å². The summed E-state index contributed by atoms with van der Waals surface area (Å²) in [6.07, 6.45) is 0. The van der Waals surface area contributed by atoms with Gasteiger partial charge in [0.15, 0.2) is 0 Å². The number of anilines is 1. The third kappa shape index (κ3) is 5.31. The van der Waals surface area contributed by atoms with Gasteiger partial charge in [0, 0.05) is 35.8 Å². The van der Waals surface area contributed by atoms with Crippen molar-refractivity contribution >= 4 is 34.8 Å². The molecule has 36 heavy (non-hydrogen) atoms. The number of para-hydroxylation sites is 1. The predicted molar refractivity (Wildman–Crippen MR) is 137 cm³/mol. The molecule has 1 fully saturated rings. The fourth-order valence-corrected chi connectivity index (χ4v) is 4.56. The molecule has 0 bridgehead atoms. The van der Waals surface area contributed by atoms with E-state index in [0.717, 1.165) is 11.1 Å². The molecule has 1 saturated heterocycles. The van der Waals surface area contributed by atoms with Crippen LogP contribution in [0, 0.1) is 24.0 Å². The van der Waals surface area contributed by atoms with Crippen LogP contribution in [-0.2, 0) is 9.53 Å². The lowest BCUT2D eigenvalue weighted by Gasteiger charge is -2.37. The molecule has 0 radical (unpaired) electrons. The van der Waals surface area contributed by atoms with E-state index in [-0.39, 0.29) is 5.69 Å². The molecule has 0 saturated carbocycles. The van der Waals surface area contributed by atoms with Crippen molar-refractivity contribution in [1.82, 2.24) is 4.90 Å². The van der Waals surface area contributed by atoms with Gasteiger partial charge in [0.25, 0.3) is 17.5 Å². The van der Waals surface area contributed by atoms with Crippen LogP contribution >= 0.6 is 11.6 Å². The normalized spacial score (nSPS) is 14.8. The van der Waals surface area contributed by atoms with Gasteiger partial charge < -0.3 is 4.74 Å². The van der Waals surface area contributed by atoms with Crippen molar-refractivity contribution in [2.45, 2.75) is 19.9 Å². The summed E-state index contributed by atoms with van der Waals surface area (Å²) in [5.74, 6) is -0.919. The zero-order valence-electron chi connectivity index (χ0n) is 20.0. The van der Waals surface area contributed by atoms with Crippen LogP contribution in [0.2, 0.25) is 5.02 Å². The SMILES string of the molecule is Cc1cccc(C)c1N(C(=O)c1ccc(Cl)cc1)C(=O)C(c1ccc([N+](=O)[O-])cc1)N1CCOCC1. The molecule has 4 rings (SSSR count). The molecular weight excluding hydrogens is 482 g/mol. The topological polar surface area (TPSA) is 93.0 Å². The molecule has 1 atom stereocenters. The minimum atomic E-state index is -0.843. The molecule has 0 aromatic heterocycles. The number of aryl methyl sites for hydroxylation is 2. The van der Waals surface area contributed by atoms with E-state index in [1.165, 1.54) is 17.0 Å². The quantitative estimate of drug-likeness (QED) is 0.340. The minimum absolute atomic E-state index is 0.0734. The van der Waals surface area contributed by atoms with Crippen molar-refractivity contribution < 1.29 is 19.2 Å². The molecule has 1 aliphatic rings. The number of halogens is 1. The second kappa shape index (κ2) is 11.0. The van der Waals surface area contributed by atoms with Crippen molar-refractivity contribution in [2.24, 2.45) is 0 Å². The molecule has 9 heteroatoms. The van der Waals surface area contributed by atoms with Crippen molar-refractivity contribution in [3.8, 4) is 0 Å². The molecule has 0 N–H and O–H groups in total. The maximum atomic E-state index is 14.4. The first-order valence-electron chi connectivity index (χ1n) is 11.5. The standard InChI is InChI=1S/C27H26ClN3O5/c1-18-4-3-5-19(2)24(18)30(26(32)21-6-10-22(28)11-7-21)27(33)25(29-14-16-36-17-15-29)20-8-12-23(13-9-20)31(34)35/h3-13,25H,14-17H2,1-2H3. The molecule has 2 amide bonds. The van der Waals surface area contributed by atoms with Crippen LogP contribution in [0.3, 0.4) is 0 Å². The number of hydrogen-bond acceptors (Lipinski definition) is 6. The zero-order chi connectivity index (χ0) is 25.8. The number of nitro benzene ring substituents is 1. The third-order valence-corrected chi connectivity index (χ3v) is 6.49. The largest absolute Gasteiger partial charge is 0.379 e. The van der Waals surface area contributed by atoms with Crippen LogP contribution in [0.4, 0.5) is 11.4 Å². The van der Waals surface area contributed by atoms with E-state index in [1.54, 1.807) is 36.4 Å². The number of imide groups is 1. The monoisotopic (exact) mass is 507 g/mol. The highest BCUT2D eigenvalue weighted by atomic mass is 35.5. The predicted octanol–water partition coefficient (Wildman–Crippen LogP) is 5.11. The number of carbonyl (C=O) groups excluding carboxylic acids is 2. The van der Waals surface area contributed by atoms with Crippen LogP contribution in [0.5, 0.6) is 0 Å². The van der Waals surface area contributed by atoms with Gasteiger partial charge in [-0.2, -0.15) is 0 Å². The highest BCUT2D eigenvalue weighted by Crippen LogP contribution is 2.33. The van der Waals surface area contributed by atoms with E-state index >= 15 is 0 Å². The van der Waals surface area contributed by atoms with Crippen molar-refractivity contribution in [3.63, 3.8) is 0 Å². The highest BCUT2D eigenvalue weighted by Gasteiger charge is 2.37. The van der Waals surface area contributed by atoms with Crippen LogP contribution in [0.15, 0.2) is 66.7 Å². The van der Waals surface area contributed by atoms with Gasteiger partial charge in [0.05, 0.1) is 23.8 Å². The first-order valence-corrected chi connectivity index (χ1v) is 11.9. The molecule has 186 valence electrons. The number of benzene rings is 3. The first kappa shape index (κ1) is 25.5. The average molecular weight is 508 g/mol. The summed E-state index contributed by atoms with van der Waals surface area (Å²) in [5.41, 5.74) is 2.87.